The third-order valence-electron chi connectivity index (χ3n) is 6.37. The zero-order valence-corrected chi connectivity index (χ0v) is 22.6. The van der Waals surface area contributed by atoms with Gasteiger partial charge in [-0.1, -0.05) is 41.4 Å². The molecule has 3 aromatic carbocycles. The molecule has 38 heavy (non-hydrogen) atoms. The SMILES string of the molecule is C#CC(ON=C1c2c(OC)ccc(OC)c2-c2[nH]c3ccc(OCCN(C)C)cc3c21)c1ccccc1.Cl. The van der Waals surface area contributed by atoms with E-state index in [1.54, 1.807) is 14.2 Å². The van der Waals surface area contributed by atoms with Crippen molar-refractivity contribution in [1.82, 2.24) is 9.88 Å². The van der Waals surface area contributed by atoms with Gasteiger partial charge < -0.3 is 28.9 Å². The van der Waals surface area contributed by atoms with E-state index in [0.717, 1.165) is 51.1 Å². The number of terminal acetylenes is 1. The van der Waals surface area contributed by atoms with Crippen molar-refractivity contribution in [2.75, 3.05) is 41.5 Å². The topological polar surface area (TPSA) is 68.3 Å². The number of nitrogens with zero attached hydrogens (tertiary/aromatic N) is 2. The Balaban J connectivity index is 0.00000336. The second-order valence-corrected chi connectivity index (χ2v) is 8.96. The molecule has 1 aliphatic rings. The van der Waals surface area contributed by atoms with Gasteiger partial charge in [0, 0.05) is 28.6 Å². The Bertz CT molecular complexity index is 1510. The average molecular weight is 532 g/mol. The summed E-state index contributed by atoms with van der Waals surface area (Å²) in [6.07, 6.45) is 5.18. The van der Waals surface area contributed by atoms with Crippen LogP contribution >= 0.6 is 12.4 Å². The zero-order valence-electron chi connectivity index (χ0n) is 21.8. The minimum Gasteiger partial charge on any atom is -0.496 e. The summed E-state index contributed by atoms with van der Waals surface area (Å²) >= 11 is 0. The van der Waals surface area contributed by atoms with Crippen molar-refractivity contribution in [1.29, 1.82) is 0 Å². The summed E-state index contributed by atoms with van der Waals surface area (Å²) in [6.45, 7) is 1.40. The number of fused-ring (bicyclic) bond motifs is 5. The minimum atomic E-state index is -0.645. The molecule has 1 unspecified atom stereocenters. The number of rotatable bonds is 9. The maximum atomic E-state index is 6.03. The van der Waals surface area contributed by atoms with Crippen LogP contribution in [0.15, 0.2) is 65.8 Å². The first-order valence-corrected chi connectivity index (χ1v) is 12.0. The predicted molar refractivity (Wildman–Crippen MR) is 153 cm³/mol. The van der Waals surface area contributed by atoms with E-state index in [1.807, 2.05) is 74.8 Å². The summed E-state index contributed by atoms with van der Waals surface area (Å²) < 4.78 is 17.5. The van der Waals surface area contributed by atoms with Crippen molar-refractivity contribution in [3.05, 3.63) is 77.4 Å². The maximum absolute atomic E-state index is 6.03. The summed E-state index contributed by atoms with van der Waals surface area (Å²) in [4.78, 5) is 11.6. The van der Waals surface area contributed by atoms with Gasteiger partial charge in [0.15, 0.2) is 0 Å². The first-order valence-electron chi connectivity index (χ1n) is 12.0. The Morgan fingerprint density at radius 1 is 0.947 bits per heavy atom. The molecular formula is C30H30ClN3O4. The molecule has 0 aliphatic heterocycles. The maximum Gasteiger partial charge on any atom is 0.212 e. The molecule has 8 heteroatoms. The van der Waals surface area contributed by atoms with Crippen molar-refractivity contribution in [3.63, 3.8) is 0 Å². The highest BCUT2D eigenvalue weighted by molar-refractivity contribution is 6.31. The van der Waals surface area contributed by atoms with Gasteiger partial charge in [0.25, 0.3) is 0 Å². The summed E-state index contributed by atoms with van der Waals surface area (Å²) in [5.74, 6) is 4.83. The van der Waals surface area contributed by atoms with Crippen LogP contribution in [0.5, 0.6) is 17.2 Å². The van der Waals surface area contributed by atoms with Gasteiger partial charge in [-0.05, 0) is 44.4 Å². The highest BCUT2D eigenvalue weighted by atomic mass is 35.5. The van der Waals surface area contributed by atoms with E-state index in [4.69, 9.17) is 25.5 Å². The van der Waals surface area contributed by atoms with Gasteiger partial charge in [0.2, 0.25) is 6.10 Å². The van der Waals surface area contributed by atoms with Crippen LogP contribution in [0, 0.1) is 12.3 Å². The number of oxime groups is 1. The van der Waals surface area contributed by atoms with E-state index >= 15 is 0 Å². The Morgan fingerprint density at radius 2 is 1.66 bits per heavy atom. The molecule has 4 aromatic rings. The third-order valence-corrected chi connectivity index (χ3v) is 6.37. The fraction of sp³-hybridized carbons (Fsp3) is 0.233. The molecular weight excluding hydrogens is 502 g/mol. The molecule has 1 N–H and O–H groups in total. The lowest BCUT2D eigenvalue weighted by Crippen LogP contribution is -2.19. The quantitative estimate of drug-likeness (QED) is 0.196. The number of methoxy groups -OCH3 is 2. The molecule has 0 radical (unpaired) electrons. The highest BCUT2D eigenvalue weighted by Gasteiger charge is 2.36. The largest absolute Gasteiger partial charge is 0.496 e. The number of ether oxygens (including phenoxy) is 3. The van der Waals surface area contributed by atoms with Gasteiger partial charge in [-0.25, -0.2) is 0 Å². The second kappa shape index (κ2) is 11.5. The summed E-state index contributed by atoms with van der Waals surface area (Å²) in [5, 5.41) is 5.60. The summed E-state index contributed by atoms with van der Waals surface area (Å²) in [5.41, 5.74) is 5.83. The molecule has 1 heterocycles. The number of H-pyrrole nitrogens is 1. The molecule has 0 saturated carbocycles. The number of hydrogen-bond donors (Lipinski definition) is 1. The molecule has 0 bridgehead atoms. The number of halogens is 1. The van der Waals surface area contributed by atoms with Crippen molar-refractivity contribution < 1.29 is 19.0 Å². The van der Waals surface area contributed by atoms with Crippen LogP contribution < -0.4 is 14.2 Å². The highest BCUT2D eigenvalue weighted by Crippen LogP contribution is 2.49. The lowest BCUT2D eigenvalue weighted by atomic mass is 10.0. The number of nitrogens with one attached hydrogen (secondary N) is 1. The van der Waals surface area contributed by atoms with Gasteiger partial charge >= 0.3 is 0 Å². The molecule has 0 fully saturated rings. The molecule has 1 aromatic heterocycles. The minimum absolute atomic E-state index is 0. The van der Waals surface area contributed by atoms with Gasteiger partial charge in [-0.2, -0.15) is 0 Å². The fourth-order valence-electron chi connectivity index (χ4n) is 4.57. The van der Waals surface area contributed by atoms with Crippen LogP contribution in [0.4, 0.5) is 0 Å². The Kier molecular flexibility index (Phi) is 8.16. The van der Waals surface area contributed by atoms with Crippen LogP contribution in [0.2, 0.25) is 0 Å². The number of benzene rings is 3. The molecule has 0 spiro atoms. The van der Waals surface area contributed by atoms with Crippen molar-refractivity contribution in [2.24, 2.45) is 5.16 Å². The standard InChI is InChI=1S/C30H29N3O4.ClH/c1-6-23(19-10-8-7-9-11-19)37-32-30-26-21-18-20(36-17-16-33(2)3)12-13-22(21)31-29(26)27-24(34-4)14-15-25(35-5)28(27)30;/h1,7-15,18,23,31H,16-17H2,2-5H3;1H. The van der Waals surface area contributed by atoms with Gasteiger partial charge in [0.05, 0.1) is 31.0 Å². The van der Waals surface area contributed by atoms with E-state index < -0.39 is 6.10 Å². The van der Waals surface area contributed by atoms with Crippen LogP contribution in [-0.4, -0.2) is 57.1 Å². The Morgan fingerprint density at radius 3 is 2.32 bits per heavy atom. The van der Waals surface area contributed by atoms with Crippen LogP contribution in [0.3, 0.4) is 0 Å². The normalized spacial score (nSPS) is 13.4. The second-order valence-electron chi connectivity index (χ2n) is 8.96. The molecule has 5 rings (SSSR count). The number of hydrogen-bond acceptors (Lipinski definition) is 6. The van der Waals surface area contributed by atoms with E-state index in [-0.39, 0.29) is 12.4 Å². The van der Waals surface area contributed by atoms with Crippen molar-refractivity contribution in [2.45, 2.75) is 6.10 Å². The molecule has 0 saturated heterocycles. The zero-order chi connectivity index (χ0) is 25.9. The molecule has 7 nitrogen and oxygen atoms in total. The first-order chi connectivity index (χ1) is 18.0. The molecule has 196 valence electrons. The van der Waals surface area contributed by atoms with E-state index in [9.17, 15) is 0 Å². The van der Waals surface area contributed by atoms with Gasteiger partial charge in [-0.3, -0.25) is 0 Å². The molecule has 1 atom stereocenters. The summed E-state index contributed by atoms with van der Waals surface area (Å²) in [7, 11) is 7.32. The van der Waals surface area contributed by atoms with E-state index in [2.05, 4.69) is 21.0 Å². The fourth-order valence-corrected chi connectivity index (χ4v) is 4.57. The van der Waals surface area contributed by atoms with Crippen LogP contribution in [0.25, 0.3) is 22.2 Å². The lowest BCUT2D eigenvalue weighted by molar-refractivity contribution is 0.100. The number of aromatic amines is 1. The smallest absolute Gasteiger partial charge is 0.212 e. The number of aromatic nitrogens is 1. The Hall–Kier alpha value is -4.12. The van der Waals surface area contributed by atoms with E-state index in [0.29, 0.717) is 23.8 Å². The monoisotopic (exact) mass is 531 g/mol. The average Bonchev–Trinajstić information content (AvgIpc) is 3.44. The predicted octanol–water partition coefficient (Wildman–Crippen LogP) is 5.67. The van der Waals surface area contributed by atoms with Crippen LogP contribution in [-0.2, 0) is 4.84 Å². The lowest BCUT2D eigenvalue weighted by Gasteiger charge is -2.14. The Labute approximate surface area is 228 Å². The van der Waals surface area contributed by atoms with Crippen molar-refractivity contribution in [3.8, 4) is 40.8 Å². The van der Waals surface area contributed by atoms with Gasteiger partial charge in [0.1, 0.15) is 29.6 Å². The summed E-state index contributed by atoms with van der Waals surface area (Å²) in [6, 6.07) is 19.4. The van der Waals surface area contributed by atoms with Crippen LogP contribution in [0.1, 0.15) is 22.8 Å². The van der Waals surface area contributed by atoms with E-state index in [1.165, 1.54) is 0 Å². The van der Waals surface area contributed by atoms with Crippen molar-refractivity contribution >= 4 is 29.0 Å². The molecule has 0 amide bonds. The number of likely N-dealkylation sites (N-methyl/N-ethyl adjacent to an activating group) is 1. The molecule has 1 aliphatic carbocycles. The first kappa shape index (κ1) is 26.9. The third kappa shape index (κ3) is 4.89. The van der Waals surface area contributed by atoms with Gasteiger partial charge in [-0.15, -0.1) is 18.8 Å².